The van der Waals surface area contributed by atoms with Crippen LogP contribution >= 0.6 is 0 Å². The molecule has 3 rings (SSSR count). The molecule has 1 aliphatic heterocycles. The van der Waals surface area contributed by atoms with Crippen LogP contribution in [0.5, 0.6) is 0 Å². The molecule has 29 heavy (non-hydrogen) atoms. The molecular weight excluding hydrogens is 364 g/mol. The van der Waals surface area contributed by atoms with Crippen LogP contribution < -0.4 is 5.32 Å². The number of benzene rings is 1. The van der Waals surface area contributed by atoms with Crippen LogP contribution in [0.1, 0.15) is 30.6 Å². The van der Waals surface area contributed by atoms with Crippen LogP contribution in [0.25, 0.3) is 0 Å². The molecule has 0 radical (unpaired) electrons. The summed E-state index contributed by atoms with van der Waals surface area (Å²) in [6.45, 7) is 5.02. The number of hydrogen-bond donors (Lipinski definition) is 1. The molecule has 0 spiro atoms. The van der Waals surface area contributed by atoms with E-state index in [9.17, 15) is 4.79 Å². The Morgan fingerprint density at radius 1 is 1.24 bits per heavy atom. The molecule has 0 aliphatic carbocycles. The van der Waals surface area contributed by atoms with Gasteiger partial charge < -0.3 is 19.5 Å². The summed E-state index contributed by atoms with van der Waals surface area (Å²) in [5.41, 5.74) is 1.41. The highest BCUT2D eigenvalue weighted by Gasteiger charge is 2.28. The monoisotopic (exact) mass is 396 g/mol. The van der Waals surface area contributed by atoms with Gasteiger partial charge in [0.2, 0.25) is 5.91 Å². The third kappa shape index (κ3) is 5.86. The van der Waals surface area contributed by atoms with E-state index in [1.807, 2.05) is 12.1 Å². The molecule has 1 aromatic carbocycles. The van der Waals surface area contributed by atoms with E-state index in [4.69, 9.17) is 4.42 Å². The van der Waals surface area contributed by atoms with E-state index in [-0.39, 0.29) is 12.5 Å². The fourth-order valence-electron chi connectivity index (χ4n) is 3.84. The standard InChI is InChI=1S/C23H32N4O2/c1-18-17-27(14-12-21(18)19-8-5-4-6-9-19)23(25-16-22(28)26(2)3)24-13-11-20-10-7-15-29-20/h4-10,15,18,21H,11-14,16-17H2,1-3H3,(H,24,25). The smallest absolute Gasteiger partial charge is 0.243 e. The topological polar surface area (TPSA) is 61.1 Å². The number of guanidine groups is 1. The average molecular weight is 397 g/mol. The molecule has 1 N–H and O–H groups in total. The zero-order valence-corrected chi connectivity index (χ0v) is 17.7. The number of carbonyl (C=O) groups is 1. The van der Waals surface area contributed by atoms with Gasteiger partial charge in [0.25, 0.3) is 0 Å². The normalized spacial score (nSPS) is 19.8. The van der Waals surface area contributed by atoms with Gasteiger partial charge in [-0.15, -0.1) is 0 Å². The Morgan fingerprint density at radius 3 is 2.69 bits per heavy atom. The first-order chi connectivity index (χ1) is 14.0. The summed E-state index contributed by atoms with van der Waals surface area (Å²) >= 11 is 0. The summed E-state index contributed by atoms with van der Waals surface area (Å²) in [4.78, 5) is 20.5. The summed E-state index contributed by atoms with van der Waals surface area (Å²) in [6, 6.07) is 14.6. The number of hydrogen-bond acceptors (Lipinski definition) is 3. The molecule has 1 saturated heterocycles. The summed E-state index contributed by atoms with van der Waals surface area (Å²) in [5.74, 6) is 2.82. The number of aliphatic imine (C=N–C) groups is 1. The van der Waals surface area contributed by atoms with Crippen LogP contribution in [-0.4, -0.2) is 61.9 Å². The average Bonchev–Trinajstić information content (AvgIpc) is 3.24. The van der Waals surface area contributed by atoms with Gasteiger partial charge in [-0.25, -0.2) is 4.99 Å². The molecule has 6 heteroatoms. The first-order valence-electron chi connectivity index (χ1n) is 10.4. The quantitative estimate of drug-likeness (QED) is 0.602. The van der Waals surface area contributed by atoms with Gasteiger partial charge in [-0.05, 0) is 36.0 Å². The Bertz CT molecular complexity index is 786. The van der Waals surface area contributed by atoms with Gasteiger partial charge >= 0.3 is 0 Å². The van der Waals surface area contributed by atoms with E-state index in [0.29, 0.717) is 11.8 Å². The zero-order valence-electron chi connectivity index (χ0n) is 17.7. The number of piperidine rings is 1. The van der Waals surface area contributed by atoms with E-state index in [1.54, 1.807) is 25.3 Å². The minimum absolute atomic E-state index is 0.00237. The summed E-state index contributed by atoms with van der Waals surface area (Å²) in [6.07, 6.45) is 3.55. The molecule has 0 saturated carbocycles. The highest BCUT2D eigenvalue weighted by Crippen LogP contribution is 2.32. The molecule has 2 atom stereocenters. The summed E-state index contributed by atoms with van der Waals surface area (Å²) < 4.78 is 5.42. The zero-order chi connectivity index (χ0) is 20.6. The van der Waals surface area contributed by atoms with Gasteiger partial charge in [-0.3, -0.25) is 4.79 Å². The van der Waals surface area contributed by atoms with E-state index in [2.05, 4.69) is 52.5 Å². The van der Waals surface area contributed by atoms with Crippen molar-refractivity contribution in [2.24, 2.45) is 10.9 Å². The van der Waals surface area contributed by atoms with Crippen molar-refractivity contribution >= 4 is 11.9 Å². The Kier molecular flexibility index (Phi) is 7.33. The largest absolute Gasteiger partial charge is 0.469 e. The predicted octanol–water partition coefficient (Wildman–Crippen LogP) is 2.98. The lowest BCUT2D eigenvalue weighted by Crippen LogP contribution is -2.48. The van der Waals surface area contributed by atoms with Gasteiger partial charge in [0.05, 0.1) is 6.26 Å². The Morgan fingerprint density at radius 2 is 2.03 bits per heavy atom. The van der Waals surface area contributed by atoms with Crippen LogP contribution in [0, 0.1) is 5.92 Å². The molecule has 1 aromatic heterocycles. The number of amides is 1. The lowest BCUT2D eigenvalue weighted by molar-refractivity contribution is -0.127. The second-order valence-electron chi connectivity index (χ2n) is 7.91. The predicted molar refractivity (Wildman–Crippen MR) is 116 cm³/mol. The van der Waals surface area contributed by atoms with Gasteiger partial charge in [-0.1, -0.05) is 37.3 Å². The number of carbonyl (C=O) groups excluding carboxylic acids is 1. The van der Waals surface area contributed by atoms with Crippen LogP contribution in [0.2, 0.25) is 0 Å². The Balaban J connectivity index is 1.64. The van der Waals surface area contributed by atoms with Crippen molar-refractivity contribution in [1.82, 2.24) is 15.1 Å². The first-order valence-corrected chi connectivity index (χ1v) is 10.4. The minimum Gasteiger partial charge on any atom is -0.469 e. The molecule has 1 fully saturated rings. The second kappa shape index (κ2) is 10.1. The highest BCUT2D eigenvalue weighted by molar-refractivity contribution is 5.85. The van der Waals surface area contributed by atoms with Crippen LogP contribution in [0.15, 0.2) is 58.1 Å². The maximum atomic E-state index is 12.0. The van der Waals surface area contributed by atoms with Crippen molar-refractivity contribution in [3.63, 3.8) is 0 Å². The molecule has 2 unspecified atom stereocenters. The van der Waals surface area contributed by atoms with E-state index in [0.717, 1.165) is 44.2 Å². The molecule has 156 valence electrons. The number of rotatable bonds is 6. The van der Waals surface area contributed by atoms with E-state index >= 15 is 0 Å². The summed E-state index contributed by atoms with van der Waals surface area (Å²) in [5, 5.41) is 3.44. The van der Waals surface area contributed by atoms with Gasteiger partial charge in [-0.2, -0.15) is 0 Å². The Hall–Kier alpha value is -2.76. The Labute approximate surface area is 173 Å². The van der Waals surface area contributed by atoms with Gasteiger partial charge in [0, 0.05) is 40.2 Å². The molecule has 2 aromatic rings. The molecule has 1 aliphatic rings. The third-order valence-corrected chi connectivity index (χ3v) is 5.53. The minimum atomic E-state index is 0.00237. The van der Waals surface area contributed by atoms with Crippen LogP contribution in [-0.2, 0) is 11.2 Å². The maximum absolute atomic E-state index is 12.0. The van der Waals surface area contributed by atoms with Crippen molar-refractivity contribution in [2.45, 2.75) is 25.7 Å². The fourth-order valence-corrected chi connectivity index (χ4v) is 3.84. The highest BCUT2D eigenvalue weighted by atomic mass is 16.3. The lowest BCUT2D eigenvalue weighted by atomic mass is 9.82. The van der Waals surface area contributed by atoms with Crippen molar-refractivity contribution in [3.8, 4) is 0 Å². The number of likely N-dealkylation sites (tertiary alicyclic amines) is 1. The maximum Gasteiger partial charge on any atom is 0.243 e. The van der Waals surface area contributed by atoms with Crippen molar-refractivity contribution < 1.29 is 9.21 Å². The number of furan rings is 1. The lowest BCUT2D eigenvalue weighted by Gasteiger charge is -2.39. The van der Waals surface area contributed by atoms with E-state index in [1.165, 1.54) is 5.56 Å². The third-order valence-electron chi connectivity index (χ3n) is 5.53. The SMILES string of the molecule is CC1CN(C(=NCC(=O)N(C)C)NCCc2ccco2)CCC1c1ccccc1. The number of nitrogens with one attached hydrogen (secondary N) is 1. The van der Waals surface area contributed by atoms with Crippen LogP contribution in [0.3, 0.4) is 0 Å². The molecular formula is C23H32N4O2. The molecule has 6 nitrogen and oxygen atoms in total. The van der Waals surface area contributed by atoms with Gasteiger partial charge in [0.1, 0.15) is 12.3 Å². The van der Waals surface area contributed by atoms with Crippen molar-refractivity contribution in [1.29, 1.82) is 0 Å². The van der Waals surface area contributed by atoms with Gasteiger partial charge in [0.15, 0.2) is 5.96 Å². The molecule has 2 heterocycles. The number of likely N-dealkylation sites (N-methyl/N-ethyl adjacent to an activating group) is 1. The molecule has 1 amide bonds. The van der Waals surface area contributed by atoms with Crippen LogP contribution in [0.4, 0.5) is 0 Å². The second-order valence-corrected chi connectivity index (χ2v) is 7.91. The molecule has 0 bridgehead atoms. The van der Waals surface area contributed by atoms with Crippen molar-refractivity contribution in [3.05, 3.63) is 60.1 Å². The number of nitrogens with zero attached hydrogens (tertiary/aromatic N) is 3. The fraction of sp³-hybridized carbons (Fsp3) is 0.478. The van der Waals surface area contributed by atoms with E-state index < -0.39 is 0 Å². The summed E-state index contributed by atoms with van der Waals surface area (Å²) in [7, 11) is 3.52. The van der Waals surface area contributed by atoms with Crippen molar-refractivity contribution in [2.75, 3.05) is 40.3 Å². The first kappa shape index (κ1) is 21.0.